The van der Waals surface area contributed by atoms with Gasteiger partial charge in [0.25, 0.3) is 5.91 Å². The van der Waals surface area contributed by atoms with E-state index in [0.29, 0.717) is 36.1 Å². The first-order chi connectivity index (χ1) is 15.3. The number of ketones is 2. The highest BCUT2D eigenvalue weighted by Crippen LogP contribution is 2.39. The normalized spacial score (nSPS) is 18.8. The average Bonchev–Trinajstić information content (AvgIpc) is 3.36. The smallest absolute Gasteiger partial charge is 0.291 e. The Morgan fingerprint density at radius 2 is 1.97 bits per heavy atom. The molecule has 1 aromatic heterocycles. The van der Waals surface area contributed by atoms with E-state index in [1.165, 1.54) is 11.3 Å². The lowest BCUT2D eigenvalue weighted by Crippen LogP contribution is -2.33. The standard InChI is InChI=1S/C25H32N2O4S/c1-17(2)11-14-31-19-9-5-8-18(16-19)22-21(23(28)20-10-6-15-32-20)24(29)25(30)27(22)13-7-12-26(3)4/h5-6,8-10,15-17,21-22H,7,11-14H2,1-4H3. The van der Waals surface area contributed by atoms with Gasteiger partial charge in [0, 0.05) is 6.54 Å². The molecular weight excluding hydrogens is 424 g/mol. The summed E-state index contributed by atoms with van der Waals surface area (Å²) in [5.74, 6) is -1.30. The first-order valence-electron chi connectivity index (χ1n) is 11.1. The van der Waals surface area contributed by atoms with E-state index >= 15 is 0 Å². The largest absolute Gasteiger partial charge is 0.494 e. The van der Waals surface area contributed by atoms with Crippen LogP contribution in [-0.4, -0.2) is 61.1 Å². The van der Waals surface area contributed by atoms with Crippen LogP contribution in [0.25, 0.3) is 0 Å². The van der Waals surface area contributed by atoms with Gasteiger partial charge in [-0.25, -0.2) is 0 Å². The van der Waals surface area contributed by atoms with Crippen LogP contribution in [0, 0.1) is 11.8 Å². The van der Waals surface area contributed by atoms with Gasteiger partial charge in [0.1, 0.15) is 11.7 Å². The molecule has 0 radical (unpaired) electrons. The second kappa shape index (κ2) is 10.9. The monoisotopic (exact) mass is 456 g/mol. The van der Waals surface area contributed by atoms with Crippen molar-refractivity contribution in [2.75, 3.05) is 33.8 Å². The van der Waals surface area contributed by atoms with Crippen molar-refractivity contribution in [3.05, 3.63) is 52.2 Å². The number of thiophene rings is 1. The third-order valence-corrected chi connectivity index (χ3v) is 6.50. The molecule has 7 heteroatoms. The average molecular weight is 457 g/mol. The molecule has 0 saturated carbocycles. The Hall–Kier alpha value is -2.51. The van der Waals surface area contributed by atoms with Gasteiger partial charge in [-0.3, -0.25) is 14.4 Å². The van der Waals surface area contributed by atoms with Gasteiger partial charge in [-0.1, -0.05) is 32.0 Å². The molecule has 0 aliphatic carbocycles. The fourth-order valence-electron chi connectivity index (χ4n) is 3.93. The molecular formula is C25H32N2O4S. The molecule has 3 rings (SSSR count). The van der Waals surface area contributed by atoms with E-state index in [1.807, 2.05) is 48.6 Å². The van der Waals surface area contributed by atoms with Crippen LogP contribution < -0.4 is 4.74 Å². The van der Waals surface area contributed by atoms with Gasteiger partial charge in [-0.05, 0) is 68.5 Å². The number of amides is 1. The number of likely N-dealkylation sites (tertiary alicyclic amines) is 1. The number of nitrogens with zero attached hydrogens (tertiary/aromatic N) is 2. The van der Waals surface area contributed by atoms with Crippen molar-refractivity contribution in [3.8, 4) is 5.75 Å². The Balaban J connectivity index is 1.92. The topological polar surface area (TPSA) is 66.9 Å². The molecule has 1 aliphatic heterocycles. The number of ether oxygens (including phenoxy) is 1. The van der Waals surface area contributed by atoms with Crippen molar-refractivity contribution in [1.82, 2.24) is 9.80 Å². The molecule has 6 nitrogen and oxygen atoms in total. The molecule has 32 heavy (non-hydrogen) atoms. The Kier molecular flexibility index (Phi) is 8.21. The van der Waals surface area contributed by atoms with E-state index in [-0.39, 0.29) is 5.78 Å². The first kappa shape index (κ1) is 24.1. The first-order valence-corrected chi connectivity index (χ1v) is 12.0. The summed E-state index contributed by atoms with van der Waals surface area (Å²) < 4.78 is 5.91. The molecule has 1 aliphatic rings. The highest BCUT2D eigenvalue weighted by molar-refractivity contribution is 7.12. The number of hydrogen-bond acceptors (Lipinski definition) is 6. The van der Waals surface area contributed by atoms with E-state index in [0.717, 1.165) is 18.5 Å². The van der Waals surface area contributed by atoms with E-state index in [9.17, 15) is 14.4 Å². The van der Waals surface area contributed by atoms with Crippen molar-refractivity contribution in [2.24, 2.45) is 11.8 Å². The lowest BCUT2D eigenvalue weighted by molar-refractivity contribution is -0.140. The zero-order valence-electron chi connectivity index (χ0n) is 19.2. The Bertz CT molecular complexity index is 939. The fourth-order valence-corrected chi connectivity index (χ4v) is 4.63. The van der Waals surface area contributed by atoms with Crippen molar-refractivity contribution in [3.63, 3.8) is 0 Å². The summed E-state index contributed by atoms with van der Waals surface area (Å²) in [4.78, 5) is 43.4. The zero-order chi connectivity index (χ0) is 23.3. The lowest BCUT2D eigenvalue weighted by Gasteiger charge is -2.28. The number of Topliss-reactive ketones (excluding diaryl/α,β-unsaturated/α-hetero) is 2. The molecule has 2 heterocycles. The summed E-state index contributed by atoms with van der Waals surface area (Å²) in [6.45, 7) is 6.07. The van der Waals surface area contributed by atoms with Crippen molar-refractivity contribution >= 4 is 28.8 Å². The van der Waals surface area contributed by atoms with Gasteiger partial charge in [0.15, 0.2) is 5.78 Å². The van der Waals surface area contributed by atoms with Crippen molar-refractivity contribution in [1.29, 1.82) is 0 Å². The number of benzene rings is 1. The quantitative estimate of drug-likeness (QED) is 0.290. The fraction of sp³-hybridized carbons (Fsp3) is 0.480. The van der Waals surface area contributed by atoms with E-state index < -0.39 is 23.7 Å². The lowest BCUT2D eigenvalue weighted by atomic mass is 9.88. The Labute approximate surface area is 194 Å². The van der Waals surface area contributed by atoms with Gasteiger partial charge in [-0.15, -0.1) is 11.3 Å². The molecule has 2 aromatic rings. The van der Waals surface area contributed by atoms with Gasteiger partial charge in [0.2, 0.25) is 5.78 Å². The Morgan fingerprint density at radius 1 is 1.19 bits per heavy atom. The maximum atomic E-state index is 13.3. The minimum Gasteiger partial charge on any atom is -0.494 e. The summed E-state index contributed by atoms with van der Waals surface area (Å²) in [5.41, 5.74) is 0.756. The molecule has 0 spiro atoms. The molecule has 1 saturated heterocycles. The summed E-state index contributed by atoms with van der Waals surface area (Å²) in [6.07, 6.45) is 1.65. The SMILES string of the molecule is CC(C)CCOc1cccc(C2C(C(=O)c3cccs3)C(=O)C(=O)N2CCCN(C)C)c1. The number of carbonyl (C=O) groups is 3. The van der Waals surface area contributed by atoms with E-state index in [2.05, 4.69) is 13.8 Å². The number of hydrogen-bond donors (Lipinski definition) is 0. The van der Waals surface area contributed by atoms with Gasteiger partial charge in [0.05, 0.1) is 17.5 Å². The minimum absolute atomic E-state index is 0.287. The molecule has 1 amide bonds. The summed E-state index contributed by atoms with van der Waals surface area (Å²) >= 11 is 1.30. The van der Waals surface area contributed by atoms with Crippen LogP contribution in [0.5, 0.6) is 5.75 Å². The molecule has 1 aromatic carbocycles. The molecule has 0 bridgehead atoms. The predicted octanol–water partition coefficient (Wildman–Crippen LogP) is 4.08. The summed E-state index contributed by atoms with van der Waals surface area (Å²) in [6, 6.07) is 10.3. The number of carbonyl (C=O) groups excluding carboxylic acids is 3. The third kappa shape index (κ3) is 5.64. The molecule has 2 unspecified atom stereocenters. The van der Waals surface area contributed by atoms with Gasteiger partial charge < -0.3 is 14.5 Å². The zero-order valence-corrected chi connectivity index (χ0v) is 20.1. The van der Waals surface area contributed by atoms with Crippen molar-refractivity contribution in [2.45, 2.75) is 32.7 Å². The van der Waals surface area contributed by atoms with Crippen LogP contribution in [0.1, 0.15) is 48.0 Å². The maximum Gasteiger partial charge on any atom is 0.291 e. The van der Waals surface area contributed by atoms with Crippen LogP contribution in [0.2, 0.25) is 0 Å². The van der Waals surface area contributed by atoms with Crippen LogP contribution >= 0.6 is 11.3 Å². The van der Waals surface area contributed by atoms with Crippen LogP contribution in [0.15, 0.2) is 41.8 Å². The van der Waals surface area contributed by atoms with Gasteiger partial charge >= 0.3 is 0 Å². The van der Waals surface area contributed by atoms with Crippen LogP contribution in [0.3, 0.4) is 0 Å². The summed E-state index contributed by atoms with van der Waals surface area (Å²) in [7, 11) is 3.94. The number of rotatable bonds is 11. The Morgan fingerprint density at radius 3 is 2.62 bits per heavy atom. The highest BCUT2D eigenvalue weighted by Gasteiger charge is 2.51. The molecule has 0 N–H and O–H groups in total. The third-order valence-electron chi connectivity index (χ3n) is 5.62. The van der Waals surface area contributed by atoms with Crippen LogP contribution in [0.4, 0.5) is 0 Å². The maximum absolute atomic E-state index is 13.3. The van der Waals surface area contributed by atoms with E-state index in [4.69, 9.17) is 4.74 Å². The van der Waals surface area contributed by atoms with Crippen molar-refractivity contribution < 1.29 is 19.1 Å². The highest BCUT2D eigenvalue weighted by atomic mass is 32.1. The van der Waals surface area contributed by atoms with E-state index in [1.54, 1.807) is 17.0 Å². The van der Waals surface area contributed by atoms with Crippen LogP contribution in [-0.2, 0) is 9.59 Å². The molecule has 172 valence electrons. The van der Waals surface area contributed by atoms with Gasteiger partial charge in [-0.2, -0.15) is 0 Å². The second-order valence-electron chi connectivity index (χ2n) is 8.89. The predicted molar refractivity (Wildman–Crippen MR) is 126 cm³/mol. The molecule has 2 atom stereocenters. The second-order valence-corrected chi connectivity index (χ2v) is 9.83. The molecule has 1 fully saturated rings. The summed E-state index contributed by atoms with van der Waals surface area (Å²) in [5, 5.41) is 1.81. The minimum atomic E-state index is -1.04.